The highest BCUT2D eigenvalue weighted by molar-refractivity contribution is 8.00. The van der Waals surface area contributed by atoms with Crippen molar-refractivity contribution in [1.29, 1.82) is 0 Å². The number of halogens is 1. The molecule has 1 heterocycles. The van der Waals surface area contributed by atoms with Gasteiger partial charge in [0.15, 0.2) is 0 Å². The van der Waals surface area contributed by atoms with Gasteiger partial charge in [0.2, 0.25) is 5.91 Å². The van der Waals surface area contributed by atoms with Crippen molar-refractivity contribution in [3.63, 3.8) is 0 Å². The summed E-state index contributed by atoms with van der Waals surface area (Å²) in [6.07, 6.45) is 1.03. The average molecular weight is 315 g/mol. The van der Waals surface area contributed by atoms with Crippen LogP contribution < -0.4 is 5.73 Å². The van der Waals surface area contributed by atoms with E-state index in [9.17, 15) is 4.79 Å². The van der Waals surface area contributed by atoms with E-state index in [-0.39, 0.29) is 23.6 Å². The number of nitrogens with zero attached hydrogens (tertiary/aromatic N) is 1. The van der Waals surface area contributed by atoms with Crippen LogP contribution in [0.3, 0.4) is 0 Å². The van der Waals surface area contributed by atoms with Crippen molar-refractivity contribution in [3.05, 3.63) is 30.3 Å². The third kappa shape index (κ3) is 4.14. The number of carbonyl (C=O) groups excluding carboxylic acids is 1. The molecule has 0 bridgehead atoms. The first-order chi connectivity index (χ1) is 9.11. The number of nitrogens with two attached hydrogens (primary N) is 1. The molecule has 0 spiro atoms. The Hall–Kier alpha value is -0.710. The molecular formula is C15H23ClN2OS. The second-order valence-corrected chi connectivity index (χ2v) is 6.66. The molecule has 1 amide bonds. The second kappa shape index (κ2) is 7.91. The normalized spacial score (nSPS) is 23.2. The molecule has 0 radical (unpaired) electrons. The van der Waals surface area contributed by atoms with E-state index in [0.29, 0.717) is 18.5 Å². The maximum Gasteiger partial charge on any atom is 0.236 e. The van der Waals surface area contributed by atoms with Crippen LogP contribution >= 0.6 is 24.2 Å². The lowest BCUT2D eigenvalue weighted by Crippen LogP contribution is -2.39. The first-order valence-electron chi connectivity index (χ1n) is 6.84. The van der Waals surface area contributed by atoms with E-state index in [1.54, 1.807) is 11.8 Å². The summed E-state index contributed by atoms with van der Waals surface area (Å²) in [4.78, 5) is 15.6. The number of hydrogen-bond acceptors (Lipinski definition) is 3. The van der Waals surface area contributed by atoms with Gasteiger partial charge < -0.3 is 10.6 Å². The summed E-state index contributed by atoms with van der Waals surface area (Å²) in [5, 5.41) is -0.0404. The van der Waals surface area contributed by atoms with Gasteiger partial charge in [-0.25, -0.2) is 0 Å². The lowest BCUT2D eigenvalue weighted by Gasteiger charge is -2.25. The van der Waals surface area contributed by atoms with Crippen LogP contribution in [0.2, 0.25) is 0 Å². The third-order valence-corrected chi connectivity index (χ3v) is 4.78. The molecule has 1 aromatic rings. The fourth-order valence-electron chi connectivity index (χ4n) is 2.61. The van der Waals surface area contributed by atoms with E-state index >= 15 is 0 Å². The Labute approximate surface area is 131 Å². The molecule has 112 valence electrons. The summed E-state index contributed by atoms with van der Waals surface area (Å²) in [5.41, 5.74) is 5.71. The van der Waals surface area contributed by atoms with E-state index in [2.05, 4.69) is 6.92 Å². The largest absolute Gasteiger partial charge is 0.339 e. The Morgan fingerprint density at radius 2 is 2.10 bits per heavy atom. The number of amides is 1. The summed E-state index contributed by atoms with van der Waals surface area (Å²) >= 11 is 1.63. The van der Waals surface area contributed by atoms with Crippen LogP contribution in [0.5, 0.6) is 0 Å². The Balaban J connectivity index is 0.00000200. The van der Waals surface area contributed by atoms with Crippen molar-refractivity contribution in [2.75, 3.05) is 13.1 Å². The molecule has 0 aliphatic carbocycles. The molecule has 1 aliphatic heterocycles. The van der Waals surface area contributed by atoms with Crippen LogP contribution in [0, 0.1) is 5.92 Å². The number of thioether (sulfide) groups is 1. The van der Waals surface area contributed by atoms with Crippen molar-refractivity contribution >= 4 is 30.1 Å². The minimum absolute atomic E-state index is 0. The van der Waals surface area contributed by atoms with Crippen LogP contribution in [0.25, 0.3) is 0 Å². The summed E-state index contributed by atoms with van der Waals surface area (Å²) in [6.45, 7) is 5.60. The number of benzene rings is 1. The first kappa shape index (κ1) is 17.3. The van der Waals surface area contributed by atoms with Crippen molar-refractivity contribution in [2.24, 2.45) is 11.7 Å². The molecule has 0 aromatic heterocycles. The second-order valence-electron chi connectivity index (χ2n) is 5.25. The zero-order valence-corrected chi connectivity index (χ0v) is 13.6. The Bertz CT molecular complexity index is 429. The highest BCUT2D eigenvalue weighted by Gasteiger charge is 2.33. The number of hydrogen-bond donors (Lipinski definition) is 1. The summed E-state index contributed by atoms with van der Waals surface area (Å²) in [5.74, 6) is 0.699. The van der Waals surface area contributed by atoms with Gasteiger partial charge in [0.25, 0.3) is 0 Å². The molecule has 3 nitrogen and oxygen atoms in total. The summed E-state index contributed by atoms with van der Waals surface area (Å²) < 4.78 is 0. The maximum absolute atomic E-state index is 12.5. The molecule has 5 heteroatoms. The minimum Gasteiger partial charge on any atom is -0.339 e. The molecule has 2 N–H and O–H groups in total. The predicted octanol–water partition coefficient (Wildman–Crippen LogP) is 2.78. The molecule has 2 rings (SSSR count). The molecule has 3 unspecified atom stereocenters. The standard InChI is InChI=1S/C15H22N2OS.ClH/c1-11-8-13(9-16)10-17(11)15(18)12(2)19-14-6-4-3-5-7-14;/h3-7,11-13H,8-10,16H2,1-2H3;1H. The van der Waals surface area contributed by atoms with E-state index < -0.39 is 0 Å². The fraction of sp³-hybridized carbons (Fsp3) is 0.533. The van der Waals surface area contributed by atoms with Crippen molar-refractivity contribution in [1.82, 2.24) is 4.90 Å². The Morgan fingerprint density at radius 3 is 2.65 bits per heavy atom. The van der Waals surface area contributed by atoms with E-state index in [4.69, 9.17) is 5.73 Å². The Kier molecular flexibility index (Phi) is 6.86. The van der Waals surface area contributed by atoms with Gasteiger partial charge in [0.1, 0.15) is 0 Å². The van der Waals surface area contributed by atoms with Crippen molar-refractivity contribution in [2.45, 2.75) is 36.5 Å². The molecular weight excluding hydrogens is 292 g/mol. The molecule has 3 atom stereocenters. The molecule has 20 heavy (non-hydrogen) atoms. The monoisotopic (exact) mass is 314 g/mol. The molecule has 1 fully saturated rings. The van der Waals surface area contributed by atoms with Crippen LogP contribution in [0.1, 0.15) is 20.3 Å². The number of carbonyl (C=O) groups is 1. The van der Waals surface area contributed by atoms with Gasteiger partial charge in [0.05, 0.1) is 5.25 Å². The van der Waals surface area contributed by atoms with Gasteiger partial charge in [0, 0.05) is 17.5 Å². The molecule has 0 saturated carbocycles. The quantitative estimate of drug-likeness (QED) is 0.869. The highest BCUT2D eigenvalue weighted by Crippen LogP contribution is 2.28. The van der Waals surface area contributed by atoms with Gasteiger partial charge >= 0.3 is 0 Å². The van der Waals surface area contributed by atoms with Crippen molar-refractivity contribution in [3.8, 4) is 0 Å². The maximum atomic E-state index is 12.5. The summed E-state index contributed by atoms with van der Waals surface area (Å²) in [6, 6.07) is 10.4. The number of likely N-dealkylation sites (tertiary alicyclic amines) is 1. The van der Waals surface area contributed by atoms with Gasteiger partial charge in [-0.2, -0.15) is 0 Å². The Morgan fingerprint density at radius 1 is 1.45 bits per heavy atom. The minimum atomic E-state index is -0.0404. The van der Waals surface area contributed by atoms with Crippen LogP contribution in [0.15, 0.2) is 35.2 Å². The van der Waals surface area contributed by atoms with Crippen LogP contribution in [0.4, 0.5) is 0 Å². The first-order valence-corrected chi connectivity index (χ1v) is 7.72. The highest BCUT2D eigenvalue weighted by atomic mass is 35.5. The number of rotatable bonds is 4. The fourth-order valence-corrected chi connectivity index (χ4v) is 3.57. The van der Waals surface area contributed by atoms with Crippen molar-refractivity contribution < 1.29 is 4.79 Å². The van der Waals surface area contributed by atoms with Gasteiger partial charge in [-0.05, 0) is 44.9 Å². The zero-order chi connectivity index (χ0) is 13.8. The smallest absolute Gasteiger partial charge is 0.236 e. The predicted molar refractivity (Wildman–Crippen MR) is 87.3 cm³/mol. The average Bonchev–Trinajstić information content (AvgIpc) is 2.80. The van der Waals surface area contributed by atoms with E-state index in [0.717, 1.165) is 17.9 Å². The topological polar surface area (TPSA) is 46.3 Å². The SMILES string of the molecule is CC(Sc1ccccc1)C(=O)N1CC(CN)CC1C.Cl. The van der Waals surface area contributed by atoms with Gasteiger partial charge in [-0.1, -0.05) is 18.2 Å². The van der Waals surface area contributed by atoms with E-state index in [1.165, 1.54) is 0 Å². The molecule has 1 saturated heterocycles. The molecule has 1 aromatic carbocycles. The van der Waals surface area contributed by atoms with Crippen LogP contribution in [-0.4, -0.2) is 35.2 Å². The van der Waals surface area contributed by atoms with Gasteiger partial charge in [-0.3, -0.25) is 4.79 Å². The van der Waals surface area contributed by atoms with Crippen LogP contribution in [-0.2, 0) is 4.79 Å². The summed E-state index contributed by atoms with van der Waals surface area (Å²) in [7, 11) is 0. The molecule has 1 aliphatic rings. The van der Waals surface area contributed by atoms with Gasteiger partial charge in [-0.15, -0.1) is 24.2 Å². The van der Waals surface area contributed by atoms with E-state index in [1.807, 2.05) is 42.2 Å². The lowest BCUT2D eigenvalue weighted by molar-refractivity contribution is -0.130. The lowest BCUT2D eigenvalue weighted by atomic mass is 10.1. The zero-order valence-electron chi connectivity index (χ0n) is 12.0. The third-order valence-electron chi connectivity index (χ3n) is 3.68.